The highest BCUT2D eigenvalue weighted by Crippen LogP contribution is 2.76. The van der Waals surface area contributed by atoms with Crippen molar-refractivity contribution in [2.24, 2.45) is 51.2 Å². The monoisotopic (exact) mass is 811 g/mol. The van der Waals surface area contributed by atoms with Gasteiger partial charge in [0.15, 0.2) is 0 Å². The fourth-order valence-corrected chi connectivity index (χ4v) is 16.4. The second kappa shape index (κ2) is 14.9. The molecule has 4 saturated carbocycles. The lowest BCUT2D eigenvalue weighted by Gasteiger charge is -2.72. The number of rotatable bonds is 10. The van der Waals surface area contributed by atoms with Gasteiger partial charge in [-0.25, -0.2) is 13.2 Å². The highest BCUT2D eigenvalue weighted by Gasteiger charge is 2.70. The Kier molecular flexibility index (Phi) is 10.7. The van der Waals surface area contributed by atoms with Crippen LogP contribution < -0.4 is 10.1 Å². The first-order valence-corrected chi connectivity index (χ1v) is 23.7. The highest BCUT2D eigenvalue weighted by atomic mass is 32.2. The molecule has 2 aromatic carbocycles. The summed E-state index contributed by atoms with van der Waals surface area (Å²) in [5.74, 6) is 2.69. The lowest BCUT2D eigenvalue weighted by atomic mass is 9.33. The number of carboxylic acid groups (broad SMARTS) is 1. The minimum atomic E-state index is -3.56. The molecule has 0 bridgehead atoms. The normalized spacial score (nSPS) is 37.4. The van der Waals surface area contributed by atoms with Crippen molar-refractivity contribution in [3.63, 3.8) is 0 Å². The number of piperazine rings is 1. The molecule has 2 aromatic rings. The molecule has 0 spiro atoms. The molecular formula is C49H69N3O5S. The van der Waals surface area contributed by atoms with Crippen LogP contribution in [0.5, 0.6) is 5.75 Å². The number of carboxylic acids is 1. The molecule has 6 aliphatic rings. The van der Waals surface area contributed by atoms with Gasteiger partial charge in [-0.2, -0.15) is 4.31 Å². The third-order valence-electron chi connectivity index (χ3n) is 18.0. The van der Waals surface area contributed by atoms with E-state index < -0.39 is 16.0 Å². The van der Waals surface area contributed by atoms with Crippen molar-refractivity contribution in [1.82, 2.24) is 14.5 Å². The van der Waals surface area contributed by atoms with E-state index in [9.17, 15) is 18.3 Å². The smallest absolute Gasteiger partial charge is 0.335 e. The third-order valence-corrected chi connectivity index (χ3v) is 19.9. The maximum atomic E-state index is 13.5. The van der Waals surface area contributed by atoms with Crippen molar-refractivity contribution in [1.29, 1.82) is 0 Å². The molecule has 5 fully saturated rings. The van der Waals surface area contributed by atoms with Gasteiger partial charge in [0.05, 0.1) is 17.6 Å². The summed E-state index contributed by atoms with van der Waals surface area (Å²) < 4.78 is 33.9. The van der Waals surface area contributed by atoms with Crippen LogP contribution in [-0.2, 0) is 10.0 Å². The minimum absolute atomic E-state index is 0.00408. The average molecular weight is 812 g/mol. The number of allylic oxidation sites excluding steroid dienone is 3. The summed E-state index contributed by atoms with van der Waals surface area (Å²) in [6, 6.07) is 14.4. The molecule has 316 valence electrons. The van der Waals surface area contributed by atoms with Gasteiger partial charge in [-0.15, -0.1) is 0 Å². The highest BCUT2D eigenvalue weighted by molar-refractivity contribution is 7.89. The van der Waals surface area contributed by atoms with Crippen molar-refractivity contribution >= 4 is 21.6 Å². The van der Waals surface area contributed by atoms with Crippen LogP contribution in [0.25, 0.3) is 5.57 Å². The van der Waals surface area contributed by atoms with E-state index in [-0.39, 0.29) is 27.2 Å². The Labute approximate surface area is 348 Å². The van der Waals surface area contributed by atoms with Crippen molar-refractivity contribution in [3.05, 3.63) is 77.9 Å². The molecule has 8 nitrogen and oxygen atoms in total. The quantitative estimate of drug-likeness (QED) is 0.231. The molecule has 1 aliphatic heterocycles. The largest absolute Gasteiger partial charge is 0.497 e. The summed E-state index contributed by atoms with van der Waals surface area (Å²) in [6.07, 6.45) is 13.6. The second-order valence-electron chi connectivity index (χ2n) is 20.6. The van der Waals surface area contributed by atoms with Gasteiger partial charge in [0.25, 0.3) is 0 Å². The number of nitrogens with one attached hydrogen (secondary N) is 1. The molecule has 58 heavy (non-hydrogen) atoms. The van der Waals surface area contributed by atoms with E-state index in [0.717, 1.165) is 32.6 Å². The Balaban J connectivity index is 0.972. The lowest BCUT2D eigenvalue weighted by Crippen LogP contribution is -2.68. The molecular weight excluding hydrogens is 743 g/mol. The number of sulfonamides is 1. The summed E-state index contributed by atoms with van der Waals surface area (Å²) in [4.78, 5) is 14.3. The molecule has 0 aromatic heterocycles. The summed E-state index contributed by atoms with van der Waals surface area (Å²) in [6.45, 7) is 24.2. The van der Waals surface area contributed by atoms with Gasteiger partial charge >= 0.3 is 5.97 Å². The first-order valence-electron chi connectivity index (χ1n) is 22.2. The Bertz CT molecular complexity index is 2050. The Morgan fingerprint density at radius 2 is 1.62 bits per heavy atom. The summed E-state index contributed by atoms with van der Waals surface area (Å²) in [5, 5.41) is 13.8. The fraction of sp³-hybridized carbons (Fsp3) is 0.653. The van der Waals surface area contributed by atoms with Crippen LogP contribution >= 0.6 is 0 Å². The molecule has 1 saturated heterocycles. The number of benzene rings is 2. The molecule has 0 unspecified atom stereocenters. The minimum Gasteiger partial charge on any atom is -0.497 e. The van der Waals surface area contributed by atoms with Crippen molar-refractivity contribution in [2.75, 3.05) is 46.4 Å². The van der Waals surface area contributed by atoms with Crippen LogP contribution in [0.2, 0.25) is 0 Å². The Hall–Kier alpha value is -2.98. The summed E-state index contributed by atoms with van der Waals surface area (Å²) in [5.41, 5.74) is 5.10. The zero-order valence-corrected chi connectivity index (χ0v) is 37.1. The number of carbonyl (C=O) groups is 1. The predicted molar refractivity (Wildman–Crippen MR) is 232 cm³/mol. The third kappa shape index (κ3) is 6.46. The SMILES string of the molecule is C=C(C)[C@@H]1CC[C@]2(NCCN3CCN(S(=O)(=O)c4cccc(OC)c4)CC3)CC[C@]3(C)[C@H](CC[C@@H]4[C@@]5(C)CC=C(c6ccc(C(=O)O)cc6)C(C)(C)[C@@H]5CC[C@]43C)[C@@H]12. The molecule has 0 radical (unpaired) electrons. The van der Waals surface area contributed by atoms with Crippen molar-refractivity contribution < 1.29 is 23.1 Å². The molecule has 8 rings (SSSR count). The first-order chi connectivity index (χ1) is 27.4. The molecule has 5 aliphatic carbocycles. The van der Waals surface area contributed by atoms with Crippen LogP contribution in [-0.4, -0.2) is 80.6 Å². The van der Waals surface area contributed by atoms with Crippen LogP contribution in [0, 0.1) is 51.2 Å². The molecule has 2 N–H and O–H groups in total. The van der Waals surface area contributed by atoms with Crippen molar-refractivity contribution in [2.45, 2.75) is 110 Å². The standard InChI is InChI=1S/C49H69N3O5S/c1-33(2)38-18-23-49(50-26-27-51-28-30-52(31-29-51)58(55,56)37-11-9-10-36(32-37)57-8)25-24-47(6)40(43(38)49)16-17-42-46(5)21-19-39(34-12-14-35(15-13-34)44(53)54)45(3,4)41(46)20-22-48(42,47)7/h9-15,19,32,38,40-43,50H,1,16-18,20-31H2,2-8H3,(H,53,54)/t38-,40+,41-,42+,43+,46-,47+,48+,49-/m0/s1. The lowest BCUT2D eigenvalue weighted by molar-refractivity contribution is -0.219. The van der Waals surface area contributed by atoms with Gasteiger partial charge in [0, 0.05) is 50.9 Å². The van der Waals surface area contributed by atoms with E-state index in [1.165, 1.54) is 68.1 Å². The van der Waals surface area contributed by atoms with Gasteiger partial charge in [-0.1, -0.05) is 71.0 Å². The van der Waals surface area contributed by atoms with Crippen LogP contribution in [0.3, 0.4) is 0 Å². The molecule has 1 heterocycles. The van der Waals surface area contributed by atoms with E-state index >= 15 is 0 Å². The number of fused-ring (bicyclic) bond motifs is 7. The van der Waals surface area contributed by atoms with Crippen LogP contribution in [0.15, 0.2) is 71.7 Å². The fourth-order valence-electron chi connectivity index (χ4n) is 14.9. The maximum absolute atomic E-state index is 13.5. The van der Waals surface area contributed by atoms with Crippen LogP contribution in [0.1, 0.15) is 115 Å². The Morgan fingerprint density at radius 1 is 0.897 bits per heavy atom. The Morgan fingerprint density at radius 3 is 2.29 bits per heavy atom. The van der Waals surface area contributed by atoms with E-state index in [1.54, 1.807) is 47.8 Å². The van der Waals surface area contributed by atoms with Gasteiger partial charge < -0.3 is 15.2 Å². The topological polar surface area (TPSA) is 99.2 Å². The van der Waals surface area contributed by atoms with Gasteiger partial charge in [0.2, 0.25) is 10.0 Å². The van der Waals surface area contributed by atoms with E-state index in [0.29, 0.717) is 58.9 Å². The number of hydrogen-bond donors (Lipinski definition) is 2. The van der Waals surface area contributed by atoms with Gasteiger partial charge in [-0.05, 0) is 151 Å². The first kappa shape index (κ1) is 41.7. The van der Waals surface area contributed by atoms with Gasteiger partial charge in [-0.3, -0.25) is 4.90 Å². The maximum Gasteiger partial charge on any atom is 0.335 e. The molecule has 9 atom stereocenters. The number of aromatic carboxylic acids is 1. The average Bonchev–Trinajstić information content (AvgIpc) is 3.58. The number of hydrogen-bond acceptors (Lipinski definition) is 6. The summed E-state index contributed by atoms with van der Waals surface area (Å²) >= 11 is 0. The number of methoxy groups -OCH3 is 1. The zero-order valence-electron chi connectivity index (χ0n) is 36.3. The van der Waals surface area contributed by atoms with E-state index in [4.69, 9.17) is 4.74 Å². The van der Waals surface area contributed by atoms with E-state index in [1.807, 2.05) is 12.1 Å². The van der Waals surface area contributed by atoms with Crippen LogP contribution in [0.4, 0.5) is 0 Å². The van der Waals surface area contributed by atoms with Crippen molar-refractivity contribution in [3.8, 4) is 5.75 Å². The summed E-state index contributed by atoms with van der Waals surface area (Å²) in [7, 11) is -2.00. The second-order valence-corrected chi connectivity index (χ2v) is 22.6. The zero-order chi connectivity index (χ0) is 41.5. The number of ether oxygens (including phenoxy) is 1. The molecule has 0 amide bonds. The predicted octanol–water partition coefficient (Wildman–Crippen LogP) is 9.39. The van der Waals surface area contributed by atoms with E-state index in [2.05, 4.69) is 64.4 Å². The molecule has 9 heteroatoms. The van der Waals surface area contributed by atoms with Gasteiger partial charge in [0.1, 0.15) is 5.75 Å². The number of nitrogens with zero attached hydrogens (tertiary/aromatic N) is 2.